The van der Waals surface area contributed by atoms with E-state index in [-0.39, 0.29) is 5.91 Å². The molecule has 0 radical (unpaired) electrons. The summed E-state index contributed by atoms with van der Waals surface area (Å²) >= 11 is 7.31. The highest BCUT2D eigenvalue weighted by Crippen LogP contribution is 2.22. The third-order valence-electron chi connectivity index (χ3n) is 2.23. The molecular formula is C12H10ClNOS. The zero-order valence-electron chi connectivity index (χ0n) is 8.68. The van der Waals surface area contributed by atoms with E-state index in [9.17, 15) is 4.79 Å². The van der Waals surface area contributed by atoms with Crippen LogP contribution in [0.25, 0.3) is 0 Å². The molecule has 0 aliphatic carbocycles. The van der Waals surface area contributed by atoms with Gasteiger partial charge in [-0.2, -0.15) is 0 Å². The number of thiophene rings is 1. The van der Waals surface area contributed by atoms with Gasteiger partial charge in [0.15, 0.2) is 0 Å². The van der Waals surface area contributed by atoms with Crippen molar-refractivity contribution in [3.8, 4) is 0 Å². The monoisotopic (exact) mass is 251 g/mol. The van der Waals surface area contributed by atoms with Crippen LogP contribution in [0.5, 0.6) is 0 Å². The molecule has 82 valence electrons. The molecule has 1 amide bonds. The Morgan fingerprint density at radius 1 is 1.25 bits per heavy atom. The molecule has 0 N–H and O–H groups in total. The molecule has 1 aromatic carbocycles. The van der Waals surface area contributed by atoms with E-state index in [0.717, 1.165) is 5.00 Å². The number of amides is 1. The molecule has 1 aromatic heterocycles. The second-order valence-corrected chi connectivity index (χ2v) is 4.68. The number of halogens is 1. The van der Waals surface area contributed by atoms with Crippen molar-refractivity contribution in [2.24, 2.45) is 0 Å². The van der Waals surface area contributed by atoms with Crippen molar-refractivity contribution in [3.63, 3.8) is 0 Å². The first-order valence-corrected chi connectivity index (χ1v) is 6.01. The third kappa shape index (κ3) is 2.26. The SMILES string of the molecule is CN(C(=O)c1ccc(Cl)cc1)c1cccs1. The fourth-order valence-corrected chi connectivity index (χ4v) is 2.17. The Morgan fingerprint density at radius 3 is 2.50 bits per heavy atom. The van der Waals surface area contributed by atoms with E-state index in [4.69, 9.17) is 11.6 Å². The van der Waals surface area contributed by atoms with Crippen molar-refractivity contribution in [1.29, 1.82) is 0 Å². The standard InChI is InChI=1S/C12H10ClNOS/c1-14(11-3-2-8-16-11)12(15)9-4-6-10(13)7-5-9/h2-8H,1H3. The zero-order valence-corrected chi connectivity index (χ0v) is 10.3. The normalized spacial score (nSPS) is 10.1. The number of hydrogen-bond donors (Lipinski definition) is 0. The highest BCUT2D eigenvalue weighted by molar-refractivity contribution is 7.14. The maximum Gasteiger partial charge on any atom is 0.258 e. The van der Waals surface area contributed by atoms with Gasteiger partial charge in [-0.05, 0) is 41.8 Å². The minimum absolute atomic E-state index is 0.0286. The molecule has 0 atom stereocenters. The third-order valence-corrected chi connectivity index (χ3v) is 3.43. The topological polar surface area (TPSA) is 20.3 Å². The average Bonchev–Trinajstić information content (AvgIpc) is 2.81. The predicted molar refractivity (Wildman–Crippen MR) is 68.5 cm³/mol. The van der Waals surface area contributed by atoms with Crippen molar-refractivity contribution in [2.75, 3.05) is 11.9 Å². The Morgan fingerprint density at radius 2 is 1.94 bits per heavy atom. The van der Waals surface area contributed by atoms with Crippen LogP contribution in [-0.4, -0.2) is 13.0 Å². The van der Waals surface area contributed by atoms with E-state index in [1.807, 2.05) is 17.5 Å². The number of hydrogen-bond acceptors (Lipinski definition) is 2. The van der Waals surface area contributed by atoms with Gasteiger partial charge in [-0.3, -0.25) is 4.79 Å². The Labute approximate surface area is 103 Å². The lowest BCUT2D eigenvalue weighted by Gasteiger charge is -2.14. The molecule has 16 heavy (non-hydrogen) atoms. The van der Waals surface area contributed by atoms with E-state index in [0.29, 0.717) is 10.6 Å². The number of rotatable bonds is 2. The minimum Gasteiger partial charge on any atom is -0.303 e. The van der Waals surface area contributed by atoms with Crippen molar-refractivity contribution in [2.45, 2.75) is 0 Å². The number of benzene rings is 1. The van der Waals surface area contributed by atoms with E-state index in [1.54, 1.807) is 36.2 Å². The summed E-state index contributed by atoms with van der Waals surface area (Å²) in [6.45, 7) is 0. The van der Waals surface area contributed by atoms with E-state index < -0.39 is 0 Å². The van der Waals surface area contributed by atoms with Crippen LogP contribution in [0.3, 0.4) is 0 Å². The predicted octanol–water partition coefficient (Wildman–Crippen LogP) is 3.68. The van der Waals surface area contributed by atoms with Gasteiger partial charge in [0.25, 0.3) is 5.91 Å². The Hall–Kier alpha value is -1.32. The van der Waals surface area contributed by atoms with Gasteiger partial charge >= 0.3 is 0 Å². The largest absolute Gasteiger partial charge is 0.303 e. The number of anilines is 1. The zero-order chi connectivity index (χ0) is 11.5. The number of nitrogens with zero attached hydrogens (tertiary/aromatic N) is 1. The molecule has 1 heterocycles. The first-order valence-electron chi connectivity index (χ1n) is 4.75. The van der Waals surface area contributed by atoms with Gasteiger partial charge in [0.05, 0.1) is 5.00 Å². The quantitative estimate of drug-likeness (QED) is 0.797. The molecule has 2 rings (SSSR count). The van der Waals surface area contributed by atoms with Crippen LogP contribution in [0.1, 0.15) is 10.4 Å². The second-order valence-electron chi connectivity index (χ2n) is 3.32. The second kappa shape index (κ2) is 4.68. The summed E-state index contributed by atoms with van der Waals surface area (Å²) in [6, 6.07) is 10.7. The van der Waals surface area contributed by atoms with E-state index in [2.05, 4.69) is 0 Å². The van der Waals surface area contributed by atoms with Gasteiger partial charge in [-0.1, -0.05) is 11.6 Å². The van der Waals surface area contributed by atoms with Crippen LogP contribution in [0, 0.1) is 0 Å². The van der Waals surface area contributed by atoms with Crippen molar-refractivity contribution in [3.05, 3.63) is 52.4 Å². The smallest absolute Gasteiger partial charge is 0.258 e. The molecule has 0 aliphatic rings. The molecule has 4 heteroatoms. The van der Waals surface area contributed by atoms with Crippen LogP contribution < -0.4 is 4.90 Å². The van der Waals surface area contributed by atoms with Gasteiger partial charge in [0.1, 0.15) is 0 Å². The van der Waals surface area contributed by atoms with Gasteiger partial charge < -0.3 is 4.90 Å². The van der Waals surface area contributed by atoms with Gasteiger partial charge in [-0.25, -0.2) is 0 Å². The summed E-state index contributed by atoms with van der Waals surface area (Å²) in [5, 5.41) is 3.51. The number of carbonyl (C=O) groups excluding carboxylic acids is 1. The number of carbonyl (C=O) groups is 1. The van der Waals surface area contributed by atoms with Crippen molar-refractivity contribution < 1.29 is 4.79 Å². The van der Waals surface area contributed by atoms with Crippen LogP contribution in [0.15, 0.2) is 41.8 Å². The Balaban J connectivity index is 2.22. The van der Waals surface area contributed by atoms with Gasteiger partial charge in [0.2, 0.25) is 0 Å². The average molecular weight is 252 g/mol. The first kappa shape index (κ1) is 11.2. The van der Waals surface area contributed by atoms with E-state index in [1.165, 1.54) is 11.3 Å². The summed E-state index contributed by atoms with van der Waals surface area (Å²) in [5.41, 5.74) is 0.639. The van der Waals surface area contributed by atoms with Gasteiger partial charge in [0, 0.05) is 17.6 Å². The fourth-order valence-electron chi connectivity index (χ4n) is 1.35. The summed E-state index contributed by atoms with van der Waals surface area (Å²) in [6.07, 6.45) is 0. The summed E-state index contributed by atoms with van der Waals surface area (Å²) in [5.74, 6) is -0.0286. The lowest BCUT2D eigenvalue weighted by atomic mass is 10.2. The van der Waals surface area contributed by atoms with Crippen molar-refractivity contribution >= 4 is 33.8 Å². The van der Waals surface area contributed by atoms with Crippen LogP contribution in [0.2, 0.25) is 5.02 Å². The maximum atomic E-state index is 12.0. The first-order chi connectivity index (χ1) is 7.68. The lowest BCUT2D eigenvalue weighted by molar-refractivity contribution is 0.0993. The molecular weight excluding hydrogens is 242 g/mol. The van der Waals surface area contributed by atoms with Crippen molar-refractivity contribution in [1.82, 2.24) is 0 Å². The molecule has 0 saturated heterocycles. The molecule has 0 spiro atoms. The fraction of sp³-hybridized carbons (Fsp3) is 0.0833. The minimum atomic E-state index is -0.0286. The Bertz CT molecular complexity index is 478. The molecule has 0 saturated carbocycles. The van der Waals surface area contributed by atoms with Crippen LogP contribution in [0.4, 0.5) is 5.00 Å². The molecule has 0 aliphatic heterocycles. The van der Waals surface area contributed by atoms with Crippen LogP contribution >= 0.6 is 22.9 Å². The maximum absolute atomic E-state index is 12.0. The molecule has 0 unspecified atom stereocenters. The summed E-state index contributed by atoms with van der Waals surface area (Å²) < 4.78 is 0. The van der Waals surface area contributed by atoms with E-state index >= 15 is 0 Å². The highest BCUT2D eigenvalue weighted by atomic mass is 35.5. The molecule has 2 nitrogen and oxygen atoms in total. The lowest BCUT2D eigenvalue weighted by Crippen LogP contribution is -2.25. The molecule has 0 bridgehead atoms. The highest BCUT2D eigenvalue weighted by Gasteiger charge is 2.13. The molecule has 0 fully saturated rings. The summed E-state index contributed by atoms with van der Waals surface area (Å²) in [7, 11) is 1.77. The summed E-state index contributed by atoms with van der Waals surface area (Å²) in [4.78, 5) is 13.7. The van der Waals surface area contributed by atoms with Gasteiger partial charge in [-0.15, -0.1) is 11.3 Å². The molecule has 2 aromatic rings. The Kier molecular flexibility index (Phi) is 3.27. The van der Waals surface area contributed by atoms with Crippen LogP contribution in [-0.2, 0) is 0 Å².